The minimum absolute atomic E-state index is 0.173. The fraction of sp³-hybridized carbons (Fsp3) is 0.412. The average molecular weight is 362 g/mol. The van der Waals surface area contributed by atoms with E-state index in [1.165, 1.54) is 4.31 Å². The van der Waals surface area contributed by atoms with E-state index in [0.717, 1.165) is 11.4 Å². The molecule has 3 rings (SSSR count). The van der Waals surface area contributed by atoms with E-state index in [1.807, 2.05) is 19.9 Å². The third kappa shape index (κ3) is 3.53. The number of anilines is 2. The van der Waals surface area contributed by atoms with Crippen LogP contribution in [-0.4, -0.2) is 36.4 Å². The SMILES string of the molecule is Cc1cc(C)n([C@@H](C)C(=O)Nc2ccc(N3CCCS3(=O)=O)cc2)n1. The monoisotopic (exact) mass is 362 g/mol. The van der Waals surface area contributed by atoms with Gasteiger partial charge in [-0.3, -0.25) is 13.8 Å². The van der Waals surface area contributed by atoms with Gasteiger partial charge in [0.05, 0.1) is 17.1 Å². The lowest BCUT2D eigenvalue weighted by atomic mass is 10.2. The van der Waals surface area contributed by atoms with Crippen molar-refractivity contribution in [1.29, 1.82) is 0 Å². The van der Waals surface area contributed by atoms with Gasteiger partial charge in [0.15, 0.2) is 0 Å². The largest absolute Gasteiger partial charge is 0.324 e. The molecule has 0 saturated carbocycles. The Kier molecular flexibility index (Phi) is 4.55. The Morgan fingerprint density at radius 3 is 2.44 bits per heavy atom. The van der Waals surface area contributed by atoms with Crippen LogP contribution in [0.25, 0.3) is 0 Å². The molecule has 1 saturated heterocycles. The normalized spacial score (nSPS) is 17.5. The zero-order valence-electron chi connectivity index (χ0n) is 14.6. The summed E-state index contributed by atoms with van der Waals surface area (Å²) in [5.74, 6) is 0.0128. The predicted octanol–water partition coefficient (Wildman–Crippen LogP) is 2.24. The molecule has 1 aliphatic heterocycles. The average Bonchev–Trinajstić information content (AvgIpc) is 3.08. The van der Waals surface area contributed by atoms with Gasteiger partial charge in [-0.1, -0.05) is 0 Å². The number of carbonyl (C=O) groups is 1. The highest BCUT2D eigenvalue weighted by Gasteiger charge is 2.28. The summed E-state index contributed by atoms with van der Waals surface area (Å²) in [5, 5.41) is 7.19. The molecule has 25 heavy (non-hydrogen) atoms. The van der Waals surface area contributed by atoms with E-state index in [0.29, 0.717) is 24.3 Å². The minimum Gasteiger partial charge on any atom is -0.324 e. The van der Waals surface area contributed by atoms with Gasteiger partial charge in [0.25, 0.3) is 0 Å². The molecule has 1 N–H and O–H groups in total. The lowest BCUT2D eigenvalue weighted by molar-refractivity contribution is -0.119. The molecule has 7 nitrogen and oxygen atoms in total. The predicted molar refractivity (Wildman–Crippen MR) is 97.2 cm³/mol. The van der Waals surface area contributed by atoms with Crippen LogP contribution in [0.1, 0.15) is 30.8 Å². The van der Waals surface area contributed by atoms with Crippen molar-refractivity contribution in [2.75, 3.05) is 21.9 Å². The van der Waals surface area contributed by atoms with E-state index in [9.17, 15) is 13.2 Å². The molecule has 1 aromatic carbocycles. The Morgan fingerprint density at radius 2 is 1.92 bits per heavy atom. The van der Waals surface area contributed by atoms with Gasteiger partial charge in [0, 0.05) is 17.9 Å². The number of aromatic nitrogens is 2. The van der Waals surface area contributed by atoms with Crippen molar-refractivity contribution in [3.8, 4) is 0 Å². The molecule has 8 heteroatoms. The van der Waals surface area contributed by atoms with Gasteiger partial charge >= 0.3 is 0 Å². The van der Waals surface area contributed by atoms with Gasteiger partial charge in [-0.25, -0.2) is 8.42 Å². The molecule has 1 amide bonds. The van der Waals surface area contributed by atoms with Gasteiger partial charge in [0.1, 0.15) is 6.04 Å². The third-order valence-electron chi connectivity index (χ3n) is 4.31. The number of amides is 1. The molecule has 0 spiro atoms. The van der Waals surface area contributed by atoms with Crippen molar-refractivity contribution in [3.63, 3.8) is 0 Å². The second-order valence-corrected chi connectivity index (χ2v) is 8.34. The number of nitrogens with one attached hydrogen (secondary N) is 1. The number of hydrogen-bond donors (Lipinski definition) is 1. The number of sulfonamides is 1. The molecule has 2 aromatic rings. The van der Waals surface area contributed by atoms with Crippen LogP contribution in [0.5, 0.6) is 0 Å². The summed E-state index contributed by atoms with van der Waals surface area (Å²) in [6.07, 6.45) is 0.640. The number of nitrogens with zero attached hydrogens (tertiary/aromatic N) is 3. The van der Waals surface area contributed by atoms with Crippen LogP contribution in [0, 0.1) is 13.8 Å². The topological polar surface area (TPSA) is 84.3 Å². The zero-order chi connectivity index (χ0) is 18.2. The zero-order valence-corrected chi connectivity index (χ0v) is 15.4. The third-order valence-corrected chi connectivity index (χ3v) is 6.18. The first-order valence-corrected chi connectivity index (χ1v) is 9.83. The van der Waals surface area contributed by atoms with Gasteiger partial charge < -0.3 is 5.32 Å². The highest BCUT2D eigenvalue weighted by molar-refractivity contribution is 7.93. The lowest BCUT2D eigenvalue weighted by Crippen LogP contribution is -2.26. The van der Waals surface area contributed by atoms with Crippen LogP contribution < -0.4 is 9.62 Å². The minimum atomic E-state index is -3.19. The Balaban J connectivity index is 1.71. The van der Waals surface area contributed by atoms with E-state index in [1.54, 1.807) is 35.9 Å². The van der Waals surface area contributed by atoms with Crippen molar-refractivity contribution in [3.05, 3.63) is 41.7 Å². The second-order valence-electron chi connectivity index (χ2n) is 6.33. The maximum Gasteiger partial charge on any atom is 0.248 e. The van der Waals surface area contributed by atoms with Crippen molar-refractivity contribution >= 4 is 27.3 Å². The summed E-state index contributed by atoms with van der Waals surface area (Å²) in [6.45, 7) is 6.09. The van der Waals surface area contributed by atoms with Gasteiger partial charge in [0.2, 0.25) is 15.9 Å². The first-order chi connectivity index (χ1) is 11.8. The van der Waals surface area contributed by atoms with E-state index in [2.05, 4.69) is 10.4 Å². The summed E-state index contributed by atoms with van der Waals surface area (Å²) in [6, 6.07) is 8.35. The number of hydrogen-bond acceptors (Lipinski definition) is 4. The number of aryl methyl sites for hydroxylation is 2. The van der Waals surface area contributed by atoms with Crippen LogP contribution >= 0.6 is 0 Å². The molecular weight excluding hydrogens is 340 g/mol. The molecule has 2 heterocycles. The smallest absolute Gasteiger partial charge is 0.248 e. The first-order valence-electron chi connectivity index (χ1n) is 8.22. The Morgan fingerprint density at radius 1 is 1.24 bits per heavy atom. The standard InChI is InChI=1S/C17H22N4O3S/c1-12-11-13(2)21(19-12)14(3)17(22)18-15-5-7-16(8-6-15)20-9-4-10-25(20,23)24/h5-8,11,14H,4,9-10H2,1-3H3,(H,18,22)/t14-/m0/s1. The number of carbonyl (C=O) groups excluding carboxylic acids is 1. The Labute approximate surface area is 147 Å². The fourth-order valence-corrected chi connectivity index (χ4v) is 4.60. The maximum atomic E-state index is 12.4. The van der Waals surface area contributed by atoms with Gasteiger partial charge in [-0.05, 0) is 57.5 Å². The summed E-state index contributed by atoms with van der Waals surface area (Å²) in [7, 11) is -3.19. The van der Waals surface area contributed by atoms with Gasteiger partial charge in [-0.2, -0.15) is 5.10 Å². The van der Waals surface area contributed by atoms with Crippen LogP contribution in [0.15, 0.2) is 30.3 Å². The molecule has 0 radical (unpaired) electrons. The molecule has 1 fully saturated rings. The van der Waals surface area contributed by atoms with Crippen molar-refractivity contribution in [2.24, 2.45) is 0 Å². The second kappa shape index (κ2) is 6.51. The maximum absolute atomic E-state index is 12.4. The van der Waals surface area contributed by atoms with E-state index >= 15 is 0 Å². The summed E-state index contributed by atoms with van der Waals surface area (Å²) >= 11 is 0. The summed E-state index contributed by atoms with van der Waals surface area (Å²) in [4.78, 5) is 12.4. The first kappa shape index (κ1) is 17.5. The van der Waals surface area contributed by atoms with Crippen LogP contribution in [0.3, 0.4) is 0 Å². The van der Waals surface area contributed by atoms with Crippen molar-refractivity contribution in [2.45, 2.75) is 33.2 Å². The van der Waals surface area contributed by atoms with Crippen LogP contribution in [0.4, 0.5) is 11.4 Å². The van der Waals surface area contributed by atoms with Crippen molar-refractivity contribution in [1.82, 2.24) is 9.78 Å². The van der Waals surface area contributed by atoms with Crippen LogP contribution in [-0.2, 0) is 14.8 Å². The number of rotatable bonds is 4. The highest BCUT2D eigenvalue weighted by Crippen LogP contribution is 2.25. The van der Waals surface area contributed by atoms with Crippen molar-refractivity contribution < 1.29 is 13.2 Å². The molecule has 0 aliphatic carbocycles. The van der Waals surface area contributed by atoms with Gasteiger partial charge in [-0.15, -0.1) is 0 Å². The van der Waals surface area contributed by atoms with E-state index in [4.69, 9.17) is 0 Å². The van der Waals surface area contributed by atoms with E-state index in [-0.39, 0.29) is 11.7 Å². The highest BCUT2D eigenvalue weighted by atomic mass is 32.2. The molecule has 134 valence electrons. The quantitative estimate of drug-likeness (QED) is 0.904. The molecular formula is C17H22N4O3S. The molecule has 1 atom stereocenters. The molecule has 0 bridgehead atoms. The number of benzene rings is 1. The molecule has 1 aromatic heterocycles. The Hall–Kier alpha value is -2.35. The Bertz CT molecular complexity index is 887. The molecule has 0 unspecified atom stereocenters. The lowest BCUT2D eigenvalue weighted by Gasteiger charge is -2.18. The summed E-state index contributed by atoms with van der Waals surface area (Å²) in [5.41, 5.74) is 3.05. The fourth-order valence-electron chi connectivity index (χ4n) is 3.04. The van der Waals surface area contributed by atoms with E-state index < -0.39 is 16.1 Å². The summed E-state index contributed by atoms with van der Waals surface area (Å²) < 4.78 is 27.0. The molecule has 1 aliphatic rings. The van der Waals surface area contributed by atoms with Crippen LogP contribution in [0.2, 0.25) is 0 Å².